The molecule has 2 heterocycles. The molecular weight excluding hydrogens is 376 g/mol. The number of aromatic nitrogens is 2. The van der Waals surface area contributed by atoms with Crippen LogP contribution in [0.3, 0.4) is 0 Å². The van der Waals surface area contributed by atoms with Crippen LogP contribution < -0.4 is 15.8 Å². The van der Waals surface area contributed by atoms with Crippen LogP contribution in [0.25, 0.3) is 11.0 Å². The first-order valence-corrected chi connectivity index (χ1v) is 10.8. The second kappa shape index (κ2) is 10.3. The molecule has 0 radical (unpaired) electrons. The van der Waals surface area contributed by atoms with Gasteiger partial charge in [-0.25, -0.2) is 4.98 Å². The van der Waals surface area contributed by atoms with Crippen LogP contribution in [0.4, 0.5) is 0 Å². The number of hydrogen-bond donors (Lipinski definition) is 3. The van der Waals surface area contributed by atoms with E-state index < -0.39 is 0 Å². The number of hydrogen-bond acceptors (Lipinski definition) is 4. The maximum atomic E-state index is 12.6. The Labute approximate surface area is 178 Å². The molecule has 1 aromatic carbocycles. The van der Waals surface area contributed by atoms with Crippen molar-refractivity contribution in [2.45, 2.75) is 52.5 Å². The van der Waals surface area contributed by atoms with Gasteiger partial charge < -0.3 is 20.8 Å². The molecule has 0 fully saturated rings. The Morgan fingerprint density at radius 1 is 1.23 bits per heavy atom. The number of fused-ring (bicyclic) bond motifs is 1. The standard InChI is InChI=1S/C24H32N4O2/c1-4-6-19(5-2)28-24(29)18(14-25)13-17-7-9-20(10-8-17)30-21-11-12-26-23-22(21)16(3)15-27-23/h7-12,15,18-19H,4-6,13-14,25H2,1-3H3,(H,26,27)(H,28,29). The van der Waals surface area contributed by atoms with Crippen LogP contribution in [0.15, 0.2) is 42.7 Å². The maximum absolute atomic E-state index is 12.6. The van der Waals surface area contributed by atoms with E-state index >= 15 is 0 Å². The van der Waals surface area contributed by atoms with Crippen LogP contribution >= 0.6 is 0 Å². The van der Waals surface area contributed by atoms with Crippen LogP contribution in [-0.2, 0) is 11.2 Å². The molecule has 3 aromatic rings. The molecule has 1 amide bonds. The highest BCUT2D eigenvalue weighted by atomic mass is 16.5. The van der Waals surface area contributed by atoms with E-state index in [1.807, 2.05) is 43.5 Å². The van der Waals surface area contributed by atoms with Gasteiger partial charge in [-0.1, -0.05) is 32.4 Å². The predicted octanol–water partition coefficient (Wildman–Crippen LogP) is 4.48. The minimum absolute atomic E-state index is 0.0419. The van der Waals surface area contributed by atoms with E-state index in [-0.39, 0.29) is 17.9 Å². The molecule has 2 aromatic heterocycles. The van der Waals surface area contributed by atoms with E-state index in [9.17, 15) is 4.79 Å². The predicted molar refractivity (Wildman–Crippen MR) is 121 cm³/mol. The molecule has 3 rings (SSSR count). The van der Waals surface area contributed by atoms with Crippen molar-refractivity contribution in [3.05, 3.63) is 53.9 Å². The topological polar surface area (TPSA) is 93.0 Å². The van der Waals surface area contributed by atoms with Crippen LogP contribution in [-0.4, -0.2) is 28.5 Å². The molecule has 30 heavy (non-hydrogen) atoms. The van der Waals surface area contributed by atoms with Crippen LogP contribution in [0, 0.1) is 12.8 Å². The summed E-state index contributed by atoms with van der Waals surface area (Å²) in [6, 6.07) is 9.95. The first-order valence-electron chi connectivity index (χ1n) is 10.8. The zero-order chi connectivity index (χ0) is 21.5. The largest absolute Gasteiger partial charge is 0.457 e. The first kappa shape index (κ1) is 21.8. The fraction of sp³-hybridized carbons (Fsp3) is 0.417. The number of nitrogens with two attached hydrogens (primary N) is 1. The molecule has 0 aliphatic rings. The monoisotopic (exact) mass is 408 g/mol. The summed E-state index contributed by atoms with van der Waals surface area (Å²) >= 11 is 0. The summed E-state index contributed by atoms with van der Waals surface area (Å²) in [6.45, 7) is 6.59. The Bertz CT molecular complexity index is 965. The van der Waals surface area contributed by atoms with Crippen molar-refractivity contribution in [1.29, 1.82) is 0 Å². The average Bonchev–Trinajstić information content (AvgIpc) is 3.14. The van der Waals surface area contributed by atoms with Gasteiger partial charge in [0.05, 0.1) is 11.3 Å². The van der Waals surface area contributed by atoms with E-state index in [0.717, 1.165) is 52.9 Å². The van der Waals surface area contributed by atoms with Gasteiger partial charge in [0.2, 0.25) is 5.91 Å². The number of benzene rings is 1. The molecule has 0 bridgehead atoms. The summed E-state index contributed by atoms with van der Waals surface area (Å²) in [6.07, 6.45) is 7.26. The van der Waals surface area contributed by atoms with Crippen molar-refractivity contribution in [1.82, 2.24) is 15.3 Å². The summed E-state index contributed by atoms with van der Waals surface area (Å²) in [5, 5.41) is 4.14. The Kier molecular flexibility index (Phi) is 7.46. The maximum Gasteiger partial charge on any atom is 0.224 e. The van der Waals surface area contributed by atoms with Gasteiger partial charge in [-0.3, -0.25) is 4.79 Å². The summed E-state index contributed by atoms with van der Waals surface area (Å²) in [7, 11) is 0. The fourth-order valence-electron chi connectivity index (χ4n) is 3.70. The van der Waals surface area contributed by atoms with Crippen molar-refractivity contribution in [2.24, 2.45) is 11.7 Å². The number of pyridine rings is 1. The molecule has 6 nitrogen and oxygen atoms in total. The van der Waals surface area contributed by atoms with Crippen LogP contribution in [0.2, 0.25) is 0 Å². The van der Waals surface area contributed by atoms with Gasteiger partial charge in [-0.15, -0.1) is 0 Å². The Morgan fingerprint density at radius 3 is 2.67 bits per heavy atom. The average molecular weight is 409 g/mol. The Morgan fingerprint density at radius 2 is 2.00 bits per heavy atom. The van der Waals surface area contributed by atoms with Crippen molar-refractivity contribution >= 4 is 16.9 Å². The Balaban J connectivity index is 1.66. The van der Waals surface area contributed by atoms with Crippen molar-refractivity contribution in [3.63, 3.8) is 0 Å². The van der Waals surface area contributed by atoms with Gasteiger partial charge in [0, 0.05) is 25.0 Å². The van der Waals surface area contributed by atoms with Crippen molar-refractivity contribution in [2.75, 3.05) is 6.54 Å². The van der Waals surface area contributed by atoms with Gasteiger partial charge in [-0.2, -0.15) is 0 Å². The molecular formula is C24H32N4O2. The number of H-pyrrole nitrogens is 1. The number of nitrogens with zero attached hydrogens (tertiary/aromatic N) is 1. The molecule has 2 atom stereocenters. The zero-order valence-corrected chi connectivity index (χ0v) is 18.1. The Hall–Kier alpha value is -2.86. The van der Waals surface area contributed by atoms with Gasteiger partial charge >= 0.3 is 0 Å². The summed E-state index contributed by atoms with van der Waals surface area (Å²) in [5.74, 6) is 1.33. The summed E-state index contributed by atoms with van der Waals surface area (Å²) in [4.78, 5) is 20.1. The third kappa shape index (κ3) is 5.19. The van der Waals surface area contributed by atoms with E-state index in [0.29, 0.717) is 13.0 Å². The number of rotatable bonds is 10. The molecule has 0 spiro atoms. The highest BCUT2D eigenvalue weighted by Gasteiger charge is 2.20. The van der Waals surface area contributed by atoms with Gasteiger partial charge in [-0.05, 0) is 55.5 Å². The summed E-state index contributed by atoms with van der Waals surface area (Å²) < 4.78 is 6.09. The number of aryl methyl sites for hydroxylation is 1. The quantitative estimate of drug-likeness (QED) is 0.461. The van der Waals surface area contributed by atoms with Crippen LogP contribution in [0.5, 0.6) is 11.5 Å². The van der Waals surface area contributed by atoms with E-state index in [2.05, 4.69) is 29.1 Å². The van der Waals surface area contributed by atoms with Gasteiger partial charge in [0.15, 0.2) is 0 Å². The number of carbonyl (C=O) groups is 1. The first-order chi connectivity index (χ1) is 14.5. The number of amides is 1. The van der Waals surface area contributed by atoms with Crippen LogP contribution in [0.1, 0.15) is 44.2 Å². The van der Waals surface area contributed by atoms with Crippen molar-refractivity contribution in [3.8, 4) is 11.5 Å². The summed E-state index contributed by atoms with van der Waals surface area (Å²) in [5.41, 5.74) is 8.88. The lowest BCUT2D eigenvalue weighted by Crippen LogP contribution is -2.41. The number of ether oxygens (including phenoxy) is 1. The molecule has 4 N–H and O–H groups in total. The molecule has 6 heteroatoms. The molecule has 0 aliphatic carbocycles. The minimum Gasteiger partial charge on any atom is -0.457 e. The smallest absolute Gasteiger partial charge is 0.224 e. The molecule has 160 valence electrons. The SMILES string of the molecule is CCCC(CC)NC(=O)C(CN)Cc1ccc(Oc2ccnc3[nH]cc(C)c23)cc1. The van der Waals surface area contributed by atoms with E-state index in [4.69, 9.17) is 10.5 Å². The minimum atomic E-state index is -0.231. The lowest BCUT2D eigenvalue weighted by molar-refractivity contribution is -0.125. The number of nitrogens with one attached hydrogen (secondary N) is 2. The highest BCUT2D eigenvalue weighted by Crippen LogP contribution is 2.31. The molecule has 2 unspecified atom stereocenters. The van der Waals surface area contributed by atoms with E-state index in [1.165, 1.54) is 0 Å². The van der Waals surface area contributed by atoms with E-state index in [1.54, 1.807) is 6.20 Å². The second-order valence-corrected chi connectivity index (χ2v) is 7.79. The molecule has 0 aliphatic heterocycles. The lowest BCUT2D eigenvalue weighted by Gasteiger charge is -2.21. The van der Waals surface area contributed by atoms with Crippen molar-refractivity contribution < 1.29 is 9.53 Å². The normalized spacial score (nSPS) is 13.2. The number of aromatic amines is 1. The third-order valence-electron chi connectivity index (χ3n) is 5.50. The van der Waals surface area contributed by atoms with Gasteiger partial charge in [0.1, 0.15) is 17.1 Å². The number of carbonyl (C=O) groups excluding carboxylic acids is 1. The zero-order valence-electron chi connectivity index (χ0n) is 18.1. The highest BCUT2D eigenvalue weighted by molar-refractivity contribution is 5.86. The fourth-order valence-corrected chi connectivity index (χ4v) is 3.70. The second-order valence-electron chi connectivity index (χ2n) is 7.79. The van der Waals surface area contributed by atoms with Gasteiger partial charge in [0.25, 0.3) is 0 Å². The molecule has 0 saturated carbocycles. The molecule has 0 saturated heterocycles. The third-order valence-corrected chi connectivity index (χ3v) is 5.50. The lowest BCUT2D eigenvalue weighted by atomic mass is 9.97.